The van der Waals surface area contributed by atoms with E-state index in [0.717, 1.165) is 56.0 Å². The Balaban J connectivity index is 1.29. The largest absolute Gasteiger partial charge is 0.356 e. The fraction of sp³-hybridized carbons (Fsp3) is 0.364. The Bertz CT molecular complexity index is 860. The summed E-state index contributed by atoms with van der Waals surface area (Å²) in [6, 6.07) is 18.7. The highest BCUT2D eigenvalue weighted by molar-refractivity contribution is 7.22. The quantitative estimate of drug-likeness (QED) is 0.651. The van der Waals surface area contributed by atoms with Gasteiger partial charge >= 0.3 is 0 Å². The van der Waals surface area contributed by atoms with E-state index in [1.165, 1.54) is 10.3 Å². The van der Waals surface area contributed by atoms with Gasteiger partial charge in [0, 0.05) is 19.6 Å². The number of amides is 1. The molecule has 4 rings (SSSR count). The van der Waals surface area contributed by atoms with Gasteiger partial charge in [-0.2, -0.15) is 0 Å². The maximum Gasteiger partial charge on any atom is 0.224 e. The Hall–Kier alpha value is -2.40. The SMILES string of the molecule is O=C(NCCCc1ccccc1)C1CCCN(c2nc3ccccc3s2)C1. The van der Waals surface area contributed by atoms with Crippen molar-refractivity contribution < 1.29 is 4.79 Å². The smallest absolute Gasteiger partial charge is 0.224 e. The lowest BCUT2D eigenvalue weighted by molar-refractivity contribution is -0.125. The maximum atomic E-state index is 12.6. The Morgan fingerprint density at radius 1 is 1.15 bits per heavy atom. The molecule has 0 saturated carbocycles. The molecule has 1 unspecified atom stereocenters. The van der Waals surface area contributed by atoms with Crippen LogP contribution in [0.5, 0.6) is 0 Å². The number of para-hydroxylation sites is 1. The third kappa shape index (κ3) is 4.48. The molecule has 27 heavy (non-hydrogen) atoms. The van der Waals surface area contributed by atoms with Gasteiger partial charge in [0.25, 0.3) is 0 Å². The van der Waals surface area contributed by atoms with Crippen LogP contribution in [0.3, 0.4) is 0 Å². The summed E-state index contributed by atoms with van der Waals surface area (Å²) in [6.45, 7) is 2.49. The Labute approximate surface area is 164 Å². The fourth-order valence-corrected chi connectivity index (χ4v) is 4.65. The van der Waals surface area contributed by atoms with Gasteiger partial charge in [-0.25, -0.2) is 4.98 Å². The van der Waals surface area contributed by atoms with E-state index in [4.69, 9.17) is 4.98 Å². The predicted octanol–water partition coefficient (Wildman–Crippen LogP) is 4.26. The van der Waals surface area contributed by atoms with Gasteiger partial charge < -0.3 is 10.2 Å². The zero-order valence-electron chi connectivity index (χ0n) is 15.4. The number of nitrogens with one attached hydrogen (secondary N) is 1. The van der Waals surface area contributed by atoms with Gasteiger partial charge in [0.1, 0.15) is 0 Å². The fourth-order valence-electron chi connectivity index (χ4n) is 3.65. The Kier molecular flexibility index (Phi) is 5.68. The predicted molar refractivity (Wildman–Crippen MR) is 112 cm³/mol. The summed E-state index contributed by atoms with van der Waals surface area (Å²) >= 11 is 1.72. The molecule has 0 bridgehead atoms. The maximum absolute atomic E-state index is 12.6. The lowest BCUT2D eigenvalue weighted by Crippen LogP contribution is -2.43. The van der Waals surface area contributed by atoms with Crippen LogP contribution in [-0.2, 0) is 11.2 Å². The van der Waals surface area contributed by atoms with Gasteiger partial charge in [0.05, 0.1) is 16.1 Å². The molecule has 1 aromatic heterocycles. The number of benzene rings is 2. The molecule has 3 aromatic rings. The van der Waals surface area contributed by atoms with Gasteiger partial charge in [-0.15, -0.1) is 0 Å². The highest BCUT2D eigenvalue weighted by atomic mass is 32.1. The van der Waals surface area contributed by atoms with E-state index in [1.54, 1.807) is 11.3 Å². The molecule has 0 aliphatic carbocycles. The molecule has 2 heterocycles. The lowest BCUT2D eigenvalue weighted by Gasteiger charge is -2.31. The number of fused-ring (bicyclic) bond motifs is 1. The van der Waals surface area contributed by atoms with Crippen LogP contribution in [0.2, 0.25) is 0 Å². The van der Waals surface area contributed by atoms with E-state index < -0.39 is 0 Å². The van der Waals surface area contributed by atoms with E-state index in [2.05, 4.69) is 46.6 Å². The van der Waals surface area contributed by atoms with Crippen LogP contribution in [0.25, 0.3) is 10.2 Å². The second kappa shape index (κ2) is 8.53. The molecule has 0 spiro atoms. The monoisotopic (exact) mass is 379 g/mol. The summed E-state index contributed by atoms with van der Waals surface area (Å²) in [5.74, 6) is 0.247. The molecule has 0 radical (unpaired) electrons. The molecule has 1 saturated heterocycles. The molecule has 1 amide bonds. The second-order valence-electron chi connectivity index (χ2n) is 7.13. The first-order valence-corrected chi connectivity index (χ1v) is 10.5. The highest BCUT2D eigenvalue weighted by Crippen LogP contribution is 2.31. The molecule has 5 heteroatoms. The molecular formula is C22H25N3OS. The van der Waals surface area contributed by atoms with Crippen LogP contribution in [0, 0.1) is 5.92 Å². The number of carbonyl (C=O) groups is 1. The summed E-state index contributed by atoms with van der Waals surface area (Å²) in [5.41, 5.74) is 2.37. The molecule has 1 fully saturated rings. The van der Waals surface area contributed by atoms with Gasteiger partial charge in [-0.05, 0) is 43.4 Å². The van der Waals surface area contributed by atoms with Gasteiger partial charge in [-0.3, -0.25) is 4.79 Å². The van der Waals surface area contributed by atoms with Gasteiger partial charge in [-0.1, -0.05) is 53.8 Å². The molecule has 1 atom stereocenters. The van der Waals surface area contributed by atoms with Crippen LogP contribution in [0.1, 0.15) is 24.8 Å². The summed E-state index contributed by atoms with van der Waals surface area (Å²) in [5, 5.41) is 4.18. The van der Waals surface area contributed by atoms with E-state index in [-0.39, 0.29) is 11.8 Å². The van der Waals surface area contributed by atoms with Crippen molar-refractivity contribution in [2.24, 2.45) is 5.92 Å². The molecule has 140 valence electrons. The molecule has 1 aliphatic heterocycles. The van der Waals surface area contributed by atoms with Crippen molar-refractivity contribution in [3.05, 3.63) is 60.2 Å². The zero-order valence-corrected chi connectivity index (χ0v) is 16.3. The lowest BCUT2D eigenvalue weighted by atomic mass is 9.97. The van der Waals surface area contributed by atoms with Crippen molar-refractivity contribution in [1.82, 2.24) is 10.3 Å². The van der Waals surface area contributed by atoms with Crippen LogP contribution < -0.4 is 10.2 Å². The second-order valence-corrected chi connectivity index (χ2v) is 8.14. The minimum atomic E-state index is 0.0579. The van der Waals surface area contributed by atoms with Crippen molar-refractivity contribution in [3.8, 4) is 0 Å². The summed E-state index contributed by atoms with van der Waals surface area (Å²) in [6.07, 6.45) is 3.98. The standard InChI is InChI=1S/C22H25N3OS/c26-21(23-14-6-10-17-8-2-1-3-9-17)18-11-7-15-25(16-18)22-24-19-12-4-5-13-20(19)27-22/h1-5,8-9,12-13,18H,6-7,10-11,14-16H2,(H,23,26). The van der Waals surface area contributed by atoms with Crippen molar-refractivity contribution >= 4 is 32.6 Å². The van der Waals surface area contributed by atoms with Crippen LogP contribution >= 0.6 is 11.3 Å². The first kappa shape index (κ1) is 18.0. The van der Waals surface area contributed by atoms with Gasteiger partial charge in [0.2, 0.25) is 5.91 Å². The van der Waals surface area contributed by atoms with E-state index >= 15 is 0 Å². The van der Waals surface area contributed by atoms with Crippen molar-refractivity contribution in [2.45, 2.75) is 25.7 Å². The molecule has 2 aromatic carbocycles. The first-order valence-electron chi connectivity index (χ1n) is 9.72. The summed E-state index contributed by atoms with van der Waals surface area (Å²) in [4.78, 5) is 19.6. The third-order valence-corrected chi connectivity index (χ3v) is 6.23. The molecular weight excluding hydrogens is 354 g/mol. The van der Waals surface area contributed by atoms with Crippen LogP contribution in [0.15, 0.2) is 54.6 Å². The number of aryl methyl sites for hydroxylation is 1. The van der Waals surface area contributed by atoms with Crippen molar-refractivity contribution in [1.29, 1.82) is 0 Å². The van der Waals surface area contributed by atoms with Crippen LogP contribution in [0.4, 0.5) is 5.13 Å². The number of hydrogen-bond donors (Lipinski definition) is 1. The number of nitrogens with zero attached hydrogens (tertiary/aromatic N) is 2. The highest BCUT2D eigenvalue weighted by Gasteiger charge is 2.27. The number of carbonyl (C=O) groups excluding carboxylic acids is 1. The third-order valence-electron chi connectivity index (χ3n) is 5.13. The molecule has 4 nitrogen and oxygen atoms in total. The molecule has 1 aliphatic rings. The number of piperidine rings is 1. The average Bonchev–Trinajstić information content (AvgIpc) is 3.16. The summed E-state index contributed by atoms with van der Waals surface area (Å²) < 4.78 is 1.21. The van der Waals surface area contributed by atoms with Crippen LogP contribution in [-0.4, -0.2) is 30.5 Å². The Morgan fingerprint density at radius 3 is 2.81 bits per heavy atom. The van der Waals surface area contributed by atoms with Gasteiger partial charge in [0.15, 0.2) is 5.13 Å². The number of rotatable bonds is 6. The minimum absolute atomic E-state index is 0.0579. The number of aromatic nitrogens is 1. The number of thiazole rings is 1. The Morgan fingerprint density at radius 2 is 1.96 bits per heavy atom. The topological polar surface area (TPSA) is 45.2 Å². The number of hydrogen-bond acceptors (Lipinski definition) is 4. The first-order chi connectivity index (χ1) is 13.3. The summed E-state index contributed by atoms with van der Waals surface area (Å²) in [7, 11) is 0. The van der Waals surface area contributed by atoms with E-state index in [0.29, 0.717) is 0 Å². The minimum Gasteiger partial charge on any atom is -0.356 e. The van der Waals surface area contributed by atoms with Crippen molar-refractivity contribution in [2.75, 3.05) is 24.5 Å². The number of anilines is 1. The van der Waals surface area contributed by atoms with E-state index in [9.17, 15) is 4.79 Å². The van der Waals surface area contributed by atoms with Crippen molar-refractivity contribution in [3.63, 3.8) is 0 Å². The average molecular weight is 380 g/mol. The normalized spacial score (nSPS) is 17.2. The zero-order chi connectivity index (χ0) is 18.5. The molecule has 1 N–H and O–H groups in total. The van der Waals surface area contributed by atoms with E-state index in [1.807, 2.05) is 18.2 Å².